The minimum Gasteiger partial charge on any atom is -0.350 e. The first-order valence-electron chi connectivity index (χ1n) is 8.93. The molecule has 0 unspecified atom stereocenters. The van der Waals surface area contributed by atoms with Crippen LogP contribution in [0.3, 0.4) is 0 Å². The molecule has 0 bridgehead atoms. The Morgan fingerprint density at radius 3 is 1.35 bits per heavy atom. The number of aryl methyl sites for hydroxylation is 2. The third kappa shape index (κ3) is 4.12. The summed E-state index contributed by atoms with van der Waals surface area (Å²) >= 11 is 0. The lowest BCUT2D eigenvalue weighted by molar-refractivity contribution is 0.246. The smallest absolute Gasteiger partial charge is 0.339 e. The predicted molar refractivity (Wildman–Crippen MR) is 99.2 cm³/mol. The second kappa shape index (κ2) is 8.16. The minimum atomic E-state index is -0.543. The molecule has 0 saturated heterocycles. The van der Waals surface area contributed by atoms with E-state index in [1.807, 2.05) is 27.7 Å². The highest BCUT2D eigenvalue weighted by Gasteiger charge is 2.15. The molecule has 0 saturated carbocycles. The molecular formula is C18H28N6O2. The van der Waals surface area contributed by atoms with Crippen LogP contribution in [-0.2, 0) is 12.8 Å². The summed E-state index contributed by atoms with van der Waals surface area (Å²) in [6.07, 6.45) is 6.02. The molecule has 26 heavy (non-hydrogen) atoms. The van der Waals surface area contributed by atoms with E-state index >= 15 is 0 Å². The monoisotopic (exact) mass is 360 g/mol. The van der Waals surface area contributed by atoms with Crippen LogP contribution < -0.4 is 11.5 Å². The molecule has 0 radical (unpaired) electrons. The van der Waals surface area contributed by atoms with Crippen molar-refractivity contribution in [2.24, 2.45) is 11.5 Å². The average Bonchev–Trinajstić information content (AvgIpc) is 3.01. The van der Waals surface area contributed by atoms with Gasteiger partial charge in [0.1, 0.15) is 0 Å². The van der Waals surface area contributed by atoms with E-state index in [2.05, 4.69) is 10.2 Å². The maximum atomic E-state index is 11.3. The number of unbranched alkanes of at least 4 members (excludes halogenated alkanes) is 3. The molecule has 0 fully saturated rings. The lowest BCUT2D eigenvalue weighted by atomic mass is 10.0. The van der Waals surface area contributed by atoms with E-state index in [1.54, 1.807) is 0 Å². The maximum absolute atomic E-state index is 11.3. The van der Waals surface area contributed by atoms with E-state index in [0.29, 0.717) is 0 Å². The number of hydrogen-bond acceptors (Lipinski definition) is 4. The number of carbonyl (C=O) groups excluding carboxylic acids is 2. The quantitative estimate of drug-likeness (QED) is 0.737. The van der Waals surface area contributed by atoms with Crippen LogP contribution in [0.25, 0.3) is 0 Å². The fourth-order valence-electron chi connectivity index (χ4n) is 3.46. The Bertz CT molecular complexity index is 750. The summed E-state index contributed by atoms with van der Waals surface area (Å²) in [5.41, 5.74) is 16.3. The highest BCUT2D eigenvalue weighted by Crippen LogP contribution is 2.19. The van der Waals surface area contributed by atoms with Gasteiger partial charge in [0.15, 0.2) is 0 Å². The summed E-state index contributed by atoms with van der Waals surface area (Å²) in [7, 11) is 0. The van der Waals surface area contributed by atoms with Gasteiger partial charge >= 0.3 is 12.1 Å². The molecule has 0 aliphatic rings. The van der Waals surface area contributed by atoms with E-state index in [1.165, 1.54) is 9.36 Å². The second-order valence-electron chi connectivity index (χ2n) is 6.71. The molecule has 8 heteroatoms. The van der Waals surface area contributed by atoms with Crippen LogP contribution in [-0.4, -0.2) is 31.6 Å². The van der Waals surface area contributed by atoms with Crippen LogP contribution in [0.5, 0.6) is 0 Å². The number of carbonyl (C=O) groups is 2. The number of primary amides is 2. The Balaban J connectivity index is 1.81. The van der Waals surface area contributed by atoms with Crippen LogP contribution in [0, 0.1) is 27.7 Å². The summed E-state index contributed by atoms with van der Waals surface area (Å²) in [6.45, 7) is 7.57. The molecule has 2 amide bonds. The number of aromatic nitrogens is 4. The van der Waals surface area contributed by atoms with Crippen molar-refractivity contribution in [1.82, 2.24) is 19.6 Å². The topological polar surface area (TPSA) is 122 Å². The number of rotatable bonds is 7. The maximum Gasteiger partial charge on any atom is 0.339 e. The van der Waals surface area contributed by atoms with Crippen LogP contribution in [0.1, 0.15) is 59.6 Å². The van der Waals surface area contributed by atoms with Crippen molar-refractivity contribution < 1.29 is 9.59 Å². The van der Waals surface area contributed by atoms with Crippen molar-refractivity contribution in [2.45, 2.75) is 66.2 Å². The Morgan fingerprint density at radius 1 is 0.731 bits per heavy atom. The van der Waals surface area contributed by atoms with Crippen molar-refractivity contribution in [3.63, 3.8) is 0 Å². The van der Waals surface area contributed by atoms with Crippen LogP contribution in [0.2, 0.25) is 0 Å². The second-order valence-corrected chi connectivity index (χ2v) is 6.71. The summed E-state index contributed by atoms with van der Waals surface area (Å²) < 4.78 is 2.54. The standard InChI is InChI=1S/C18H28N6O2/c1-11-15(13(3)23(21-11)17(19)25)9-7-5-6-8-10-16-12(2)22-24(14(16)4)18(20)26/h5-10H2,1-4H3,(H2,19,25)(H2,20,26). The van der Waals surface area contributed by atoms with Gasteiger partial charge in [-0.15, -0.1) is 0 Å². The Morgan fingerprint density at radius 2 is 1.08 bits per heavy atom. The van der Waals surface area contributed by atoms with E-state index < -0.39 is 12.1 Å². The lowest BCUT2D eigenvalue weighted by Gasteiger charge is -2.04. The first-order valence-corrected chi connectivity index (χ1v) is 8.93. The van der Waals surface area contributed by atoms with Gasteiger partial charge in [0.2, 0.25) is 0 Å². The predicted octanol–water partition coefficient (Wildman–Crippen LogP) is 2.51. The van der Waals surface area contributed by atoms with E-state index in [4.69, 9.17) is 11.5 Å². The molecule has 0 aromatic carbocycles. The van der Waals surface area contributed by atoms with Gasteiger partial charge in [-0.3, -0.25) is 0 Å². The van der Waals surface area contributed by atoms with Gasteiger partial charge in [-0.25, -0.2) is 9.59 Å². The number of nitrogens with two attached hydrogens (primary N) is 2. The van der Waals surface area contributed by atoms with Crippen molar-refractivity contribution >= 4 is 12.1 Å². The first-order chi connectivity index (χ1) is 12.2. The van der Waals surface area contributed by atoms with Crippen LogP contribution >= 0.6 is 0 Å². The van der Waals surface area contributed by atoms with Crippen LogP contribution in [0.4, 0.5) is 9.59 Å². The molecule has 142 valence electrons. The van der Waals surface area contributed by atoms with Crippen molar-refractivity contribution in [2.75, 3.05) is 0 Å². The summed E-state index contributed by atoms with van der Waals surface area (Å²) in [5.74, 6) is 0. The van der Waals surface area contributed by atoms with Crippen molar-refractivity contribution in [3.8, 4) is 0 Å². The van der Waals surface area contributed by atoms with Crippen molar-refractivity contribution in [1.29, 1.82) is 0 Å². The normalized spacial score (nSPS) is 11.1. The van der Waals surface area contributed by atoms with Gasteiger partial charge in [0.05, 0.1) is 11.4 Å². The third-order valence-electron chi connectivity index (χ3n) is 4.90. The fourth-order valence-corrected chi connectivity index (χ4v) is 3.46. The van der Waals surface area contributed by atoms with Gasteiger partial charge in [-0.05, 0) is 64.5 Å². The van der Waals surface area contributed by atoms with E-state index in [0.717, 1.165) is 72.4 Å². The Labute approximate surface area is 153 Å². The zero-order valence-corrected chi connectivity index (χ0v) is 16.0. The summed E-state index contributed by atoms with van der Waals surface area (Å²) in [5, 5.41) is 8.39. The largest absolute Gasteiger partial charge is 0.350 e. The van der Waals surface area contributed by atoms with Gasteiger partial charge < -0.3 is 11.5 Å². The zero-order valence-electron chi connectivity index (χ0n) is 16.0. The summed E-state index contributed by atoms with van der Waals surface area (Å²) in [4.78, 5) is 22.6. The average molecular weight is 360 g/mol. The molecule has 0 aliphatic carbocycles. The van der Waals surface area contributed by atoms with Crippen LogP contribution in [0.15, 0.2) is 0 Å². The van der Waals surface area contributed by atoms with Gasteiger partial charge in [0.25, 0.3) is 0 Å². The van der Waals surface area contributed by atoms with E-state index in [-0.39, 0.29) is 0 Å². The molecule has 2 rings (SSSR count). The Hall–Kier alpha value is -2.64. The minimum absolute atomic E-state index is 0.543. The molecule has 2 heterocycles. The lowest BCUT2D eigenvalue weighted by Crippen LogP contribution is -2.22. The number of amides is 2. The molecule has 0 atom stereocenters. The SMILES string of the molecule is Cc1nn(C(N)=O)c(C)c1CCCCCCc1c(C)nn(C(N)=O)c1C. The molecule has 4 N–H and O–H groups in total. The Kier molecular flexibility index (Phi) is 6.18. The van der Waals surface area contributed by atoms with Gasteiger partial charge in [-0.2, -0.15) is 19.6 Å². The molecule has 2 aromatic rings. The summed E-state index contributed by atoms with van der Waals surface area (Å²) in [6, 6.07) is -1.09. The fraction of sp³-hybridized carbons (Fsp3) is 0.556. The molecule has 0 aliphatic heterocycles. The number of hydrogen-bond donors (Lipinski definition) is 2. The van der Waals surface area contributed by atoms with Gasteiger partial charge in [-0.1, -0.05) is 12.8 Å². The highest BCUT2D eigenvalue weighted by atomic mass is 16.2. The molecule has 2 aromatic heterocycles. The van der Waals surface area contributed by atoms with E-state index in [9.17, 15) is 9.59 Å². The number of nitrogens with zero attached hydrogens (tertiary/aromatic N) is 4. The first kappa shape index (κ1) is 19.7. The molecule has 0 spiro atoms. The highest BCUT2D eigenvalue weighted by molar-refractivity contribution is 5.75. The zero-order chi connectivity index (χ0) is 19.4. The third-order valence-corrected chi connectivity index (χ3v) is 4.90. The molecular weight excluding hydrogens is 332 g/mol. The molecule has 8 nitrogen and oxygen atoms in total. The van der Waals surface area contributed by atoms with Gasteiger partial charge in [0, 0.05) is 11.4 Å². The van der Waals surface area contributed by atoms with Crippen molar-refractivity contribution in [3.05, 3.63) is 33.9 Å².